The van der Waals surface area contributed by atoms with Crippen LogP contribution in [-0.2, 0) is 0 Å². The third kappa shape index (κ3) is 3.40. The highest BCUT2D eigenvalue weighted by Gasteiger charge is 2.25. The van der Waals surface area contributed by atoms with Crippen LogP contribution in [0.2, 0.25) is 0 Å². The van der Waals surface area contributed by atoms with Crippen molar-refractivity contribution in [3.05, 3.63) is 35.4 Å². The summed E-state index contributed by atoms with van der Waals surface area (Å²) in [6, 6.07) is 4.81. The number of aromatic nitrogens is 2. The Balaban J connectivity index is 0.00000161. The molecule has 0 aliphatic carbocycles. The first kappa shape index (κ1) is 15.9. The molecule has 1 aromatic heterocycles. The van der Waals surface area contributed by atoms with E-state index in [9.17, 15) is 4.39 Å². The van der Waals surface area contributed by atoms with Crippen molar-refractivity contribution in [1.29, 1.82) is 0 Å². The lowest BCUT2D eigenvalue weighted by molar-refractivity contribution is 0.190. The number of hydrogen-bond acceptors (Lipinski definition) is 5. The van der Waals surface area contributed by atoms with Crippen molar-refractivity contribution in [2.75, 3.05) is 26.7 Å². The monoisotopic (exact) mass is 312 g/mol. The number of rotatable bonds is 2. The molecule has 2 aromatic rings. The summed E-state index contributed by atoms with van der Waals surface area (Å²) < 4.78 is 18.7. The van der Waals surface area contributed by atoms with Crippen molar-refractivity contribution >= 4 is 12.4 Å². The Bertz CT molecular complexity index is 599. The van der Waals surface area contributed by atoms with Crippen molar-refractivity contribution in [1.82, 2.24) is 20.4 Å². The summed E-state index contributed by atoms with van der Waals surface area (Å²) in [6.07, 6.45) is 0. The quantitative estimate of drug-likeness (QED) is 0.921. The van der Waals surface area contributed by atoms with Gasteiger partial charge in [-0.3, -0.25) is 4.90 Å². The largest absolute Gasteiger partial charge is 0.334 e. The first-order valence-corrected chi connectivity index (χ1v) is 6.65. The second-order valence-electron chi connectivity index (χ2n) is 5.18. The van der Waals surface area contributed by atoms with E-state index in [2.05, 4.69) is 20.4 Å². The summed E-state index contributed by atoms with van der Waals surface area (Å²) in [6.45, 7) is 4.52. The number of likely N-dealkylation sites (N-methyl/N-ethyl adjacent to an activating group) is 1. The normalized spacial score (nSPS) is 19.3. The SMILES string of the molecule is Cc1cc(F)cc(-c2nc(C3CNCCN3C)no2)c1.Cl. The topological polar surface area (TPSA) is 54.2 Å². The molecule has 1 aliphatic heterocycles. The molecule has 7 heteroatoms. The Morgan fingerprint density at radius 2 is 2.19 bits per heavy atom. The maximum atomic E-state index is 13.4. The summed E-state index contributed by atoms with van der Waals surface area (Å²) in [5.74, 6) is 0.703. The summed E-state index contributed by atoms with van der Waals surface area (Å²) >= 11 is 0. The highest BCUT2D eigenvalue weighted by molar-refractivity contribution is 5.85. The molecule has 0 amide bonds. The van der Waals surface area contributed by atoms with Gasteiger partial charge in [-0.15, -0.1) is 12.4 Å². The van der Waals surface area contributed by atoms with Crippen molar-refractivity contribution in [2.24, 2.45) is 0 Å². The van der Waals surface area contributed by atoms with Crippen LogP contribution in [0.3, 0.4) is 0 Å². The van der Waals surface area contributed by atoms with Gasteiger partial charge in [0.25, 0.3) is 5.89 Å². The minimum absolute atomic E-state index is 0. The number of benzene rings is 1. The second-order valence-corrected chi connectivity index (χ2v) is 5.18. The lowest BCUT2D eigenvalue weighted by atomic mass is 10.1. The molecule has 1 N–H and O–H groups in total. The van der Waals surface area contributed by atoms with Crippen molar-refractivity contribution < 1.29 is 8.91 Å². The third-order valence-corrected chi connectivity index (χ3v) is 3.54. The van der Waals surface area contributed by atoms with Crippen LogP contribution in [0.4, 0.5) is 4.39 Å². The number of nitrogens with zero attached hydrogens (tertiary/aromatic N) is 3. The third-order valence-electron chi connectivity index (χ3n) is 3.54. The first-order chi connectivity index (χ1) is 9.63. The van der Waals surface area contributed by atoms with Crippen LogP contribution in [0.1, 0.15) is 17.4 Å². The van der Waals surface area contributed by atoms with Crippen LogP contribution in [0.25, 0.3) is 11.5 Å². The Hall–Kier alpha value is -1.50. The van der Waals surface area contributed by atoms with Crippen molar-refractivity contribution in [3.8, 4) is 11.5 Å². The fraction of sp³-hybridized carbons (Fsp3) is 0.429. The van der Waals surface area contributed by atoms with Gasteiger partial charge in [-0.25, -0.2) is 4.39 Å². The van der Waals surface area contributed by atoms with Gasteiger partial charge in [0, 0.05) is 25.2 Å². The molecule has 1 aliphatic rings. The molecule has 1 aromatic carbocycles. The van der Waals surface area contributed by atoms with Gasteiger partial charge in [-0.2, -0.15) is 4.98 Å². The van der Waals surface area contributed by atoms with Gasteiger partial charge in [0.05, 0.1) is 6.04 Å². The second kappa shape index (κ2) is 6.51. The molecule has 1 fully saturated rings. The predicted octanol–water partition coefficient (Wildman–Crippen LogP) is 2.18. The molecule has 5 nitrogen and oxygen atoms in total. The molecule has 1 atom stereocenters. The van der Waals surface area contributed by atoms with Crippen LogP contribution in [0, 0.1) is 12.7 Å². The van der Waals surface area contributed by atoms with E-state index in [1.54, 1.807) is 0 Å². The first-order valence-electron chi connectivity index (χ1n) is 6.65. The Morgan fingerprint density at radius 3 is 2.90 bits per heavy atom. The Kier molecular flexibility index (Phi) is 4.92. The summed E-state index contributed by atoms with van der Waals surface area (Å²) in [5.41, 5.74) is 1.45. The number of nitrogens with one attached hydrogen (secondary N) is 1. The van der Waals surface area contributed by atoms with E-state index in [-0.39, 0.29) is 24.3 Å². The summed E-state index contributed by atoms with van der Waals surface area (Å²) in [4.78, 5) is 6.59. The van der Waals surface area contributed by atoms with Crippen LogP contribution in [-0.4, -0.2) is 41.7 Å². The van der Waals surface area contributed by atoms with E-state index in [0.29, 0.717) is 17.3 Å². The zero-order chi connectivity index (χ0) is 14.1. The van der Waals surface area contributed by atoms with Crippen LogP contribution >= 0.6 is 12.4 Å². The molecule has 0 saturated carbocycles. The zero-order valence-corrected chi connectivity index (χ0v) is 12.8. The minimum Gasteiger partial charge on any atom is -0.334 e. The van der Waals surface area contributed by atoms with Gasteiger partial charge in [0.1, 0.15) is 5.82 Å². The van der Waals surface area contributed by atoms with Gasteiger partial charge in [0.15, 0.2) is 5.82 Å². The Labute approximate surface area is 128 Å². The smallest absolute Gasteiger partial charge is 0.258 e. The molecule has 114 valence electrons. The van der Waals surface area contributed by atoms with Gasteiger partial charge in [-0.05, 0) is 37.7 Å². The molecular formula is C14H18ClFN4O. The molecule has 3 rings (SSSR count). The summed E-state index contributed by atoms with van der Waals surface area (Å²) in [7, 11) is 2.04. The summed E-state index contributed by atoms with van der Waals surface area (Å²) in [5, 5.41) is 7.34. The van der Waals surface area contributed by atoms with E-state index in [4.69, 9.17) is 4.52 Å². The maximum Gasteiger partial charge on any atom is 0.258 e. The number of hydrogen-bond donors (Lipinski definition) is 1. The van der Waals surface area contributed by atoms with E-state index in [1.165, 1.54) is 12.1 Å². The van der Waals surface area contributed by atoms with E-state index >= 15 is 0 Å². The van der Waals surface area contributed by atoms with Crippen LogP contribution in [0.15, 0.2) is 22.7 Å². The standard InChI is InChI=1S/C14H17FN4O.ClH/c1-9-5-10(7-11(15)6-9)14-17-13(18-20-14)12-8-16-3-4-19(12)2;/h5-7,12,16H,3-4,8H2,1-2H3;1H. The van der Waals surface area contributed by atoms with Crippen LogP contribution < -0.4 is 5.32 Å². The van der Waals surface area contributed by atoms with Gasteiger partial charge in [0.2, 0.25) is 0 Å². The highest BCUT2D eigenvalue weighted by Crippen LogP contribution is 2.24. The number of piperazine rings is 1. The lowest BCUT2D eigenvalue weighted by Gasteiger charge is -2.30. The van der Waals surface area contributed by atoms with Crippen molar-refractivity contribution in [2.45, 2.75) is 13.0 Å². The van der Waals surface area contributed by atoms with E-state index < -0.39 is 0 Å². The van der Waals surface area contributed by atoms with Gasteiger partial charge >= 0.3 is 0 Å². The predicted molar refractivity (Wildman–Crippen MR) is 79.9 cm³/mol. The van der Waals surface area contributed by atoms with Crippen LogP contribution in [0.5, 0.6) is 0 Å². The van der Waals surface area contributed by atoms with E-state index in [0.717, 1.165) is 25.2 Å². The van der Waals surface area contributed by atoms with Gasteiger partial charge in [-0.1, -0.05) is 5.16 Å². The Morgan fingerprint density at radius 1 is 1.38 bits per heavy atom. The molecule has 21 heavy (non-hydrogen) atoms. The molecule has 1 unspecified atom stereocenters. The fourth-order valence-corrected chi connectivity index (χ4v) is 2.44. The average molecular weight is 313 g/mol. The number of aryl methyl sites for hydroxylation is 1. The molecular weight excluding hydrogens is 295 g/mol. The van der Waals surface area contributed by atoms with Gasteiger partial charge < -0.3 is 9.84 Å². The van der Waals surface area contributed by atoms with Crippen molar-refractivity contribution in [3.63, 3.8) is 0 Å². The average Bonchev–Trinajstić information content (AvgIpc) is 2.87. The molecule has 0 spiro atoms. The molecule has 2 heterocycles. The highest BCUT2D eigenvalue weighted by atomic mass is 35.5. The zero-order valence-electron chi connectivity index (χ0n) is 12.0. The molecule has 0 radical (unpaired) electrons. The molecule has 1 saturated heterocycles. The lowest BCUT2D eigenvalue weighted by Crippen LogP contribution is -2.44. The fourth-order valence-electron chi connectivity index (χ4n) is 2.44. The minimum atomic E-state index is -0.295. The number of halogens is 2. The van der Waals surface area contributed by atoms with E-state index in [1.807, 2.05) is 20.0 Å². The molecule has 0 bridgehead atoms. The maximum absolute atomic E-state index is 13.4.